The van der Waals surface area contributed by atoms with E-state index in [0.29, 0.717) is 25.0 Å². The van der Waals surface area contributed by atoms with Gasteiger partial charge in [-0.1, -0.05) is 58.3 Å². The number of carbonyl (C=O) groups excluding carboxylic acids is 2. The molecule has 1 unspecified atom stereocenters. The van der Waals surface area contributed by atoms with Crippen molar-refractivity contribution in [1.29, 1.82) is 0 Å². The third kappa shape index (κ3) is 14.7. The number of ether oxygens (including phenoxy) is 2. The average Bonchev–Trinajstić information content (AvgIpc) is 2.59. The predicted molar refractivity (Wildman–Crippen MR) is 98.1 cm³/mol. The summed E-state index contributed by atoms with van der Waals surface area (Å²) in [5.74, 6) is 0.214. The van der Waals surface area contributed by atoms with E-state index in [0.717, 1.165) is 51.4 Å². The molecule has 1 atom stereocenters. The lowest BCUT2D eigenvalue weighted by atomic mass is 10.0. The van der Waals surface area contributed by atoms with Crippen LogP contribution >= 0.6 is 0 Å². The highest BCUT2D eigenvalue weighted by atomic mass is 16.5. The molecule has 0 rings (SSSR count). The average molecular weight is 343 g/mol. The second-order valence-electron chi connectivity index (χ2n) is 6.65. The maximum absolute atomic E-state index is 12.0. The second kappa shape index (κ2) is 16.9. The van der Waals surface area contributed by atoms with Crippen molar-refractivity contribution in [2.24, 2.45) is 0 Å². The third-order valence-corrected chi connectivity index (χ3v) is 4.48. The van der Waals surface area contributed by atoms with Crippen LogP contribution < -0.4 is 0 Å². The number of esters is 1. The van der Waals surface area contributed by atoms with Crippen LogP contribution in [0.25, 0.3) is 0 Å². The first-order valence-electron chi connectivity index (χ1n) is 9.75. The van der Waals surface area contributed by atoms with Crippen LogP contribution in [0.15, 0.2) is 0 Å². The number of carbonyl (C=O) groups is 2. The van der Waals surface area contributed by atoms with Gasteiger partial charge < -0.3 is 9.47 Å². The van der Waals surface area contributed by atoms with E-state index in [2.05, 4.69) is 11.7 Å². The van der Waals surface area contributed by atoms with Gasteiger partial charge >= 0.3 is 5.97 Å². The Morgan fingerprint density at radius 2 is 1.38 bits per heavy atom. The minimum atomic E-state index is -0.122. The van der Waals surface area contributed by atoms with Crippen molar-refractivity contribution in [2.45, 2.75) is 103 Å². The Labute approximate surface area is 148 Å². The van der Waals surface area contributed by atoms with Gasteiger partial charge in [0, 0.05) is 26.4 Å². The topological polar surface area (TPSA) is 52.6 Å². The molecule has 4 nitrogen and oxygen atoms in total. The molecular weight excluding hydrogens is 304 g/mol. The van der Waals surface area contributed by atoms with Crippen molar-refractivity contribution in [3.05, 3.63) is 0 Å². The summed E-state index contributed by atoms with van der Waals surface area (Å²) in [6.07, 6.45) is 14.1. The molecule has 0 heterocycles. The number of Topliss-reactive ketones (excluding diaryl/α,β-unsaturated/α-hetero) is 1. The van der Waals surface area contributed by atoms with Crippen molar-refractivity contribution >= 4 is 11.8 Å². The molecule has 0 aliphatic rings. The fourth-order valence-corrected chi connectivity index (χ4v) is 2.86. The molecule has 0 aromatic heterocycles. The van der Waals surface area contributed by atoms with Gasteiger partial charge in [-0.05, 0) is 19.3 Å². The van der Waals surface area contributed by atoms with Gasteiger partial charge in [-0.2, -0.15) is 0 Å². The lowest BCUT2D eigenvalue weighted by Crippen LogP contribution is -2.16. The fourth-order valence-electron chi connectivity index (χ4n) is 2.86. The molecule has 24 heavy (non-hydrogen) atoms. The summed E-state index contributed by atoms with van der Waals surface area (Å²) in [5.41, 5.74) is 0. The van der Waals surface area contributed by atoms with Gasteiger partial charge in [0.05, 0.1) is 13.2 Å². The van der Waals surface area contributed by atoms with Gasteiger partial charge in [0.15, 0.2) is 0 Å². The van der Waals surface area contributed by atoms with Crippen LogP contribution in [-0.2, 0) is 19.1 Å². The van der Waals surface area contributed by atoms with Gasteiger partial charge in [0.2, 0.25) is 0 Å². The van der Waals surface area contributed by atoms with Crippen molar-refractivity contribution in [2.75, 3.05) is 14.2 Å². The Balaban J connectivity index is 3.51. The standard InChI is InChI=1S/C20H38O4/c1-4-5-6-12-15-19(23-2)17-18(21)14-11-9-7-8-10-13-16-20(22)24-3/h19H,4-17H2,1-3H3. The molecule has 0 spiro atoms. The van der Waals surface area contributed by atoms with Gasteiger partial charge in [0.1, 0.15) is 5.78 Å². The molecule has 0 N–H and O–H groups in total. The zero-order valence-electron chi connectivity index (χ0n) is 16.1. The lowest BCUT2D eigenvalue weighted by molar-refractivity contribution is -0.140. The summed E-state index contributed by atoms with van der Waals surface area (Å²) >= 11 is 0. The molecule has 0 radical (unpaired) electrons. The maximum Gasteiger partial charge on any atom is 0.305 e. The van der Waals surface area contributed by atoms with Crippen molar-refractivity contribution in [3.8, 4) is 0 Å². The lowest BCUT2D eigenvalue weighted by Gasteiger charge is -2.14. The largest absolute Gasteiger partial charge is 0.469 e. The van der Waals surface area contributed by atoms with E-state index in [-0.39, 0.29) is 12.1 Å². The van der Waals surface area contributed by atoms with Crippen molar-refractivity contribution in [1.82, 2.24) is 0 Å². The predicted octanol–water partition coefficient (Wildman–Crippen LogP) is 5.22. The Morgan fingerprint density at radius 3 is 1.96 bits per heavy atom. The smallest absolute Gasteiger partial charge is 0.305 e. The first-order chi connectivity index (χ1) is 11.6. The molecule has 0 fully saturated rings. The van der Waals surface area contributed by atoms with Crippen molar-refractivity contribution in [3.63, 3.8) is 0 Å². The minimum absolute atomic E-state index is 0.104. The van der Waals surface area contributed by atoms with Crippen LogP contribution in [0, 0.1) is 0 Å². The molecule has 0 aromatic rings. The summed E-state index contributed by atoms with van der Waals surface area (Å²) in [6, 6.07) is 0. The van der Waals surface area contributed by atoms with E-state index >= 15 is 0 Å². The number of hydrogen-bond acceptors (Lipinski definition) is 4. The van der Waals surface area contributed by atoms with Gasteiger partial charge in [-0.15, -0.1) is 0 Å². The fraction of sp³-hybridized carbons (Fsp3) is 0.900. The summed E-state index contributed by atoms with van der Waals surface area (Å²) in [4.78, 5) is 23.0. The van der Waals surface area contributed by atoms with E-state index in [1.807, 2.05) is 0 Å². The first kappa shape index (κ1) is 23.1. The maximum atomic E-state index is 12.0. The summed E-state index contributed by atoms with van der Waals surface area (Å²) < 4.78 is 10.1. The van der Waals surface area contributed by atoms with Crippen molar-refractivity contribution < 1.29 is 19.1 Å². The van der Waals surface area contributed by atoms with Crippen LogP contribution in [0.2, 0.25) is 0 Å². The molecule has 0 saturated carbocycles. The number of methoxy groups -OCH3 is 2. The van der Waals surface area contributed by atoms with Gasteiger partial charge in [-0.25, -0.2) is 0 Å². The molecule has 0 aliphatic heterocycles. The van der Waals surface area contributed by atoms with Gasteiger partial charge in [0.25, 0.3) is 0 Å². The van der Waals surface area contributed by atoms with E-state index in [4.69, 9.17) is 4.74 Å². The molecule has 0 bridgehead atoms. The third-order valence-electron chi connectivity index (χ3n) is 4.48. The number of hydrogen-bond donors (Lipinski definition) is 0. The van der Waals surface area contributed by atoms with E-state index < -0.39 is 0 Å². The van der Waals surface area contributed by atoms with E-state index in [1.165, 1.54) is 26.4 Å². The summed E-state index contributed by atoms with van der Waals surface area (Å²) in [5, 5.41) is 0. The normalized spacial score (nSPS) is 12.1. The molecule has 0 aromatic carbocycles. The highest BCUT2D eigenvalue weighted by Gasteiger charge is 2.12. The van der Waals surface area contributed by atoms with Gasteiger partial charge in [-0.3, -0.25) is 9.59 Å². The SMILES string of the molecule is CCCCCCC(CC(=O)CCCCCCCCC(=O)OC)OC. The molecule has 0 aliphatic carbocycles. The Morgan fingerprint density at radius 1 is 0.792 bits per heavy atom. The molecular formula is C20H38O4. The Hall–Kier alpha value is -0.900. The minimum Gasteiger partial charge on any atom is -0.469 e. The molecule has 0 amide bonds. The van der Waals surface area contributed by atoms with Crippen LogP contribution in [0.3, 0.4) is 0 Å². The number of unbranched alkanes of at least 4 members (excludes halogenated alkanes) is 8. The van der Waals surface area contributed by atoms with E-state index in [9.17, 15) is 9.59 Å². The summed E-state index contributed by atoms with van der Waals surface area (Å²) in [7, 11) is 3.14. The van der Waals surface area contributed by atoms with Crippen LogP contribution in [0.4, 0.5) is 0 Å². The zero-order valence-corrected chi connectivity index (χ0v) is 16.1. The van der Waals surface area contributed by atoms with E-state index in [1.54, 1.807) is 7.11 Å². The van der Waals surface area contributed by atoms with Crippen LogP contribution in [0.1, 0.15) is 96.8 Å². The molecule has 4 heteroatoms. The Bertz CT molecular complexity index is 315. The first-order valence-corrected chi connectivity index (χ1v) is 9.75. The Kier molecular flexibility index (Phi) is 16.3. The second-order valence-corrected chi connectivity index (χ2v) is 6.65. The monoisotopic (exact) mass is 342 g/mol. The molecule has 142 valence electrons. The zero-order chi connectivity index (χ0) is 18.0. The highest BCUT2D eigenvalue weighted by Crippen LogP contribution is 2.14. The quantitative estimate of drug-likeness (QED) is 0.268. The summed E-state index contributed by atoms with van der Waals surface area (Å²) in [6.45, 7) is 2.20. The number of ketones is 1. The van der Waals surface area contributed by atoms with Crippen LogP contribution in [-0.4, -0.2) is 32.1 Å². The van der Waals surface area contributed by atoms with Crippen LogP contribution in [0.5, 0.6) is 0 Å². The molecule has 0 saturated heterocycles. The highest BCUT2D eigenvalue weighted by molar-refractivity contribution is 5.78. The number of rotatable bonds is 17.